The number of sulfonamides is 1. The standard InChI is InChI=1S/C22H22N2O6S2/c25-18(15-7-9-16(10-8-15)32(28,29)24-11-3-4-12-24)14-30-21(26)13-20-22(27)23-17-5-1-2-6-19(17)31-20/h1-2,5-10,20H,3-4,11-14H2,(H,23,27). The molecule has 2 aliphatic heterocycles. The van der Waals surface area contributed by atoms with Gasteiger partial charge in [-0.1, -0.05) is 12.1 Å². The summed E-state index contributed by atoms with van der Waals surface area (Å²) in [6.07, 6.45) is 1.52. The summed E-state index contributed by atoms with van der Waals surface area (Å²) in [5, 5.41) is 2.12. The number of thioether (sulfide) groups is 1. The Morgan fingerprint density at radius 1 is 1.06 bits per heavy atom. The van der Waals surface area contributed by atoms with Crippen LogP contribution in [0.25, 0.3) is 0 Å². The van der Waals surface area contributed by atoms with Crippen LogP contribution < -0.4 is 5.32 Å². The van der Waals surface area contributed by atoms with Gasteiger partial charge in [0, 0.05) is 23.5 Å². The number of carbonyl (C=O) groups excluding carboxylic acids is 3. The predicted octanol–water partition coefficient (Wildman–Crippen LogP) is 2.70. The zero-order valence-corrected chi connectivity index (χ0v) is 18.8. The molecule has 0 bridgehead atoms. The molecular formula is C22H22N2O6S2. The summed E-state index contributed by atoms with van der Waals surface area (Å²) in [5.41, 5.74) is 0.953. The summed E-state index contributed by atoms with van der Waals surface area (Å²) in [7, 11) is -3.55. The number of nitrogens with zero attached hydrogens (tertiary/aromatic N) is 1. The molecule has 1 N–H and O–H groups in total. The molecule has 2 aromatic carbocycles. The van der Waals surface area contributed by atoms with Gasteiger partial charge in [-0.3, -0.25) is 14.4 Å². The monoisotopic (exact) mass is 474 g/mol. The Kier molecular flexibility index (Phi) is 6.63. The highest BCUT2D eigenvalue weighted by molar-refractivity contribution is 8.01. The first-order chi connectivity index (χ1) is 15.3. The lowest BCUT2D eigenvalue weighted by Gasteiger charge is -2.23. The average Bonchev–Trinajstić information content (AvgIpc) is 3.34. The summed E-state index contributed by atoms with van der Waals surface area (Å²) in [6, 6.07) is 12.9. The van der Waals surface area contributed by atoms with E-state index in [1.807, 2.05) is 18.2 Å². The molecule has 0 radical (unpaired) electrons. The Morgan fingerprint density at radius 3 is 2.47 bits per heavy atom. The number of anilines is 1. The lowest BCUT2D eigenvalue weighted by molar-refractivity contribution is -0.143. The largest absolute Gasteiger partial charge is 0.457 e. The number of para-hydroxylation sites is 1. The van der Waals surface area contributed by atoms with Crippen molar-refractivity contribution in [2.75, 3.05) is 25.0 Å². The molecule has 1 saturated heterocycles. The number of fused-ring (bicyclic) bond motifs is 1. The Labute approximate surface area is 190 Å². The van der Waals surface area contributed by atoms with Gasteiger partial charge in [0.05, 0.1) is 22.3 Å². The van der Waals surface area contributed by atoms with Crippen LogP contribution in [0.4, 0.5) is 5.69 Å². The van der Waals surface area contributed by atoms with Crippen LogP contribution in [-0.4, -0.2) is 55.3 Å². The SMILES string of the molecule is O=C(CC1Sc2ccccc2NC1=O)OCC(=O)c1ccc(S(=O)(=O)N2CCCC2)cc1. The molecule has 1 unspecified atom stereocenters. The first kappa shape index (κ1) is 22.5. The third kappa shape index (κ3) is 4.87. The first-order valence-corrected chi connectivity index (χ1v) is 12.5. The van der Waals surface area contributed by atoms with Gasteiger partial charge in [-0.25, -0.2) is 8.42 Å². The minimum Gasteiger partial charge on any atom is -0.457 e. The Balaban J connectivity index is 1.31. The molecule has 2 aliphatic rings. The van der Waals surface area contributed by atoms with Crippen molar-refractivity contribution in [2.24, 2.45) is 0 Å². The highest BCUT2D eigenvalue weighted by Crippen LogP contribution is 2.36. The van der Waals surface area contributed by atoms with Crippen LogP contribution in [0.15, 0.2) is 58.3 Å². The highest BCUT2D eigenvalue weighted by atomic mass is 32.2. The van der Waals surface area contributed by atoms with Crippen molar-refractivity contribution in [3.63, 3.8) is 0 Å². The maximum absolute atomic E-state index is 12.6. The zero-order valence-electron chi connectivity index (χ0n) is 17.2. The minimum atomic E-state index is -3.55. The molecule has 168 valence electrons. The molecule has 8 nitrogen and oxygen atoms in total. The van der Waals surface area contributed by atoms with Crippen molar-refractivity contribution < 1.29 is 27.5 Å². The second-order valence-corrected chi connectivity index (χ2v) is 10.7. The topological polar surface area (TPSA) is 110 Å². The number of ketones is 1. The Hall–Kier alpha value is -2.69. The van der Waals surface area contributed by atoms with Crippen molar-refractivity contribution in [1.82, 2.24) is 4.31 Å². The Morgan fingerprint density at radius 2 is 1.75 bits per heavy atom. The van der Waals surface area contributed by atoms with E-state index in [1.54, 1.807) is 6.07 Å². The number of hydrogen-bond acceptors (Lipinski definition) is 7. The van der Waals surface area contributed by atoms with Crippen molar-refractivity contribution in [3.05, 3.63) is 54.1 Å². The fourth-order valence-corrected chi connectivity index (χ4v) is 6.17. The van der Waals surface area contributed by atoms with E-state index >= 15 is 0 Å². The second kappa shape index (κ2) is 9.43. The van der Waals surface area contributed by atoms with Crippen molar-refractivity contribution >= 4 is 45.1 Å². The van der Waals surface area contributed by atoms with Gasteiger partial charge < -0.3 is 10.1 Å². The van der Waals surface area contributed by atoms with Gasteiger partial charge in [0.1, 0.15) is 0 Å². The van der Waals surface area contributed by atoms with Crippen LogP contribution >= 0.6 is 11.8 Å². The number of esters is 1. The maximum Gasteiger partial charge on any atom is 0.307 e. The summed E-state index contributed by atoms with van der Waals surface area (Å²) < 4.78 is 31.6. The summed E-state index contributed by atoms with van der Waals surface area (Å²) in [4.78, 5) is 37.7. The van der Waals surface area contributed by atoms with Gasteiger partial charge >= 0.3 is 5.97 Å². The van der Waals surface area contributed by atoms with Gasteiger partial charge in [-0.2, -0.15) is 4.31 Å². The quantitative estimate of drug-likeness (QED) is 0.485. The minimum absolute atomic E-state index is 0.133. The Bertz CT molecular complexity index is 1140. The highest BCUT2D eigenvalue weighted by Gasteiger charge is 2.30. The fraction of sp³-hybridized carbons (Fsp3) is 0.318. The normalized spacial score (nSPS) is 18.6. The van der Waals surface area contributed by atoms with E-state index in [0.29, 0.717) is 18.8 Å². The molecule has 1 atom stereocenters. The van der Waals surface area contributed by atoms with Crippen LogP contribution in [0.5, 0.6) is 0 Å². The first-order valence-electron chi connectivity index (χ1n) is 10.2. The van der Waals surface area contributed by atoms with Crippen LogP contribution in [0.1, 0.15) is 29.6 Å². The zero-order chi connectivity index (χ0) is 22.7. The van der Waals surface area contributed by atoms with Gasteiger partial charge in [0.2, 0.25) is 15.9 Å². The van der Waals surface area contributed by atoms with Crippen LogP contribution in [0.3, 0.4) is 0 Å². The third-order valence-electron chi connectivity index (χ3n) is 5.30. The summed E-state index contributed by atoms with van der Waals surface area (Å²) in [6.45, 7) is 0.524. The van der Waals surface area contributed by atoms with E-state index in [4.69, 9.17) is 4.74 Å². The molecule has 10 heteroatoms. The van der Waals surface area contributed by atoms with E-state index < -0.39 is 33.6 Å². The number of rotatable bonds is 7. The van der Waals surface area contributed by atoms with E-state index in [-0.39, 0.29) is 22.8 Å². The molecular weight excluding hydrogens is 452 g/mol. The molecule has 0 aliphatic carbocycles. The predicted molar refractivity (Wildman–Crippen MR) is 119 cm³/mol. The van der Waals surface area contributed by atoms with E-state index in [1.165, 1.54) is 40.3 Å². The molecule has 1 amide bonds. The number of ether oxygens (including phenoxy) is 1. The molecule has 0 aromatic heterocycles. The number of amides is 1. The van der Waals surface area contributed by atoms with Crippen molar-refractivity contribution in [2.45, 2.75) is 34.3 Å². The van der Waals surface area contributed by atoms with E-state index in [9.17, 15) is 22.8 Å². The van der Waals surface area contributed by atoms with Crippen LogP contribution in [0, 0.1) is 0 Å². The maximum atomic E-state index is 12.6. The van der Waals surface area contributed by atoms with Gasteiger partial charge in [-0.05, 0) is 49.2 Å². The van der Waals surface area contributed by atoms with Crippen LogP contribution in [-0.2, 0) is 24.3 Å². The lowest BCUT2D eigenvalue weighted by atomic mass is 10.1. The van der Waals surface area contributed by atoms with Crippen molar-refractivity contribution in [1.29, 1.82) is 0 Å². The number of carbonyl (C=O) groups is 3. The van der Waals surface area contributed by atoms with Gasteiger partial charge in [0.15, 0.2) is 12.4 Å². The number of Topliss-reactive ketones (excluding diaryl/α,β-unsaturated/α-hetero) is 1. The molecule has 2 heterocycles. The average molecular weight is 475 g/mol. The summed E-state index contributed by atoms with van der Waals surface area (Å²) >= 11 is 1.28. The second-order valence-electron chi connectivity index (χ2n) is 7.52. The number of benzene rings is 2. The molecule has 0 spiro atoms. The molecule has 4 rings (SSSR count). The number of nitrogens with one attached hydrogen (secondary N) is 1. The fourth-order valence-electron chi connectivity index (χ4n) is 3.56. The van der Waals surface area contributed by atoms with E-state index in [0.717, 1.165) is 17.7 Å². The third-order valence-corrected chi connectivity index (χ3v) is 8.49. The van der Waals surface area contributed by atoms with Crippen molar-refractivity contribution in [3.8, 4) is 0 Å². The van der Waals surface area contributed by atoms with Gasteiger partial charge in [0.25, 0.3) is 0 Å². The number of hydrogen-bond donors (Lipinski definition) is 1. The smallest absolute Gasteiger partial charge is 0.307 e. The summed E-state index contributed by atoms with van der Waals surface area (Å²) in [5.74, 6) is -1.39. The molecule has 1 fully saturated rings. The van der Waals surface area contributed by atoms with Crippen LogP contribution in [0.2, 0.25) is 0 Å². The molecule has 32 heavy (non-hydrogen) atoms. The van der Waals surface area contributed by atoms with E-state index in [2.05, 4.69) is 5.32 Å². The van der Waals surface area contributed by atoms with Gasteiger partial charge in [-0.15, -0.1) is 11.8 Å². The molecule has 2 aromatic rings. The lowest BCUT2D eigenvalue weighted by Crippen LogP contribution is -2.31. The molecule has 0 saturated carbocycles.